The number of carbonyl (C=O) groups is 1. The van der Waals surface area contributed by atoms with Crippen molar-refractivity contribution in [3.63, 3.8) is 0 Å². The Morgan fingerprint density at radius 3 is 2.40 bits per heavy atom. The average molecular weight is 360 g/mol. The average Bonchev–Trinajstić information content (AvgIpc) is 2.84. The molecule has 0 bridgehead atoms. The lowest BCUT2D eigenvalue weighted by molar-refractivity contribution is -0.259. The van der Waals surface area contributed by atoms with Crippen molar-refractivity contribution < 1.29 is 34.6 Å². The molecule has 1 aliphatic heterocycles. The Hall–Kier alpha value is -1.31. The van der Waals surface area contributed by atoms with Gasteiger partial charge in [-0.1, -0.05) is 40.0 Å². The largest absolute Gasteiger partial charge is 0.484 e. The molecule has 146 valence electrons. The van der Waals surface area contributed by atoms with E-state index in [1.54, 1.807) is 6.92 Å². The molecule has 0 aromatic heterocycles. The van der Waals surface area contributed by atoms with Crippen molar-refractivity contribution in [3.8, 4) is 0 Å². The quantitative estimate of drug-likeness (QED) is 0.213. The maximum atomic E-state index is 12.3. The number of aliphatic hydroxyl groups excluding tert-OH is 1. The molecule has 2 atom stereocenters. The highest BCUT2D eigenvalue weighted by Crippen LogP contribution is 2.47. The van der Waals surface area contributed by atoms with Crippen LogP contribution in [0.15, 0.2) is 11.5 Å². The van der Waals surface area contributed by atoms with Crippen molar-refractivity contribution >= 4 is 5.97 Å². The summed E-state index contributed by atoms with van der Waals surface area (Å²) in [4.78, 5) is 16.8. The van der Waals surface area contributed by atoms with Gasteiger partial charge in [0.1, 0.15) is 5.60 Å². The first-order valence-electron chi connectivity index (χ1n) is 9.07. The minimum absolute atomic E-state index is 0.0134. The van der Waals surface area contributed by atoms with Gasteiger partial charge in [-0.25, -0.2) is 10.1 Å². The molecule has 7 nitrogen and oxygen atoms in total. The lowest BCUT2D eigenvalue weighted by Crippen LogP contribution is -2.59. The third-order valence-electron chi connectivity index (χ3n) is 4.55. The lowest BCUT2D eigenvalue weighted by Gasteiger charge is -2.43. The number of hydrogen-bond acceptors (Lipinski definition) is 7. The Morgan fingerprint density at radius 1 is 1.24 bits per heavy atom. The first-order valence-corrected chi connectivity index (χ1v) is 9.07. The summed E-state index contributed by atoms with van der Waals surface area (Å²) in [5.74, 6) is -1.30. The van der Waals surface area contributed by atoms with Gasteiger partial charge in [0.15, 0.2) is 0 Å². The molecule has 0 fully saturated rings. The second kappa shape index (κ2) is 9.40. The van der Waals surface area contributed by atoms with Crippen molar-refractivity contribution in [3.05, 3.63) is 11.5 Å². The van der Waals surface area contributed by atoms with Crippen molar-refractivity contribution in [2.75, 3.05) is 13.2 Å². The van der Waals surface area contributed by atoms with Crippen LogP contribution in [0.25, 0.3) is 0 Å². The highest BCUT2D eigenvalue weighted by Gasteiger charge is 2.63. The van der Waals surface area contributed by atoms with E-state index in [2.05, 4.69) is 11.8 Å². The fourth-order valence-electron chi connectivity index (χ4n) is 3.45. The number of rotatable bonds is 12. The monoisotopic (exact) mass is 360 g/mol. The smallest absolute Gasteiger partial charge is 0.378 e. The summed E-state index contributed by atoms with van der Waals surface area (Å²) < 4.78 is 10.8. The molecule has 0 saturated carbocycles. The summed E-state index contributed by atoms with van der Waals surface area (Å²) in [5.41, 5.74) is -3.46. The van der Waals surface area contributed by atoms with Gasteiger partial charge in [-0.15, -0.1) is 0 Å². The summed E-state index contributed by atoms with van der Waals surface area (Å²) in [7, 11) is 0. The molecular weight excluding hydrogens is 328 g/mol. The van der Waals surface area contributed by atoms with E-state index in [0.717, 1.165) is 19.3 Å². The molecule has 0 radical (unpaired) electrons. The summed E-state index contributed by atoms with van der Waals surface area (Å²) in [6.07, 6.45) is 3.89. The Kier molecular flexibility index (Phi) is 8.18. The Balaban J connectivity index is 3.34. The highest BCUT2D eigenvalue weighted by molar-refractivity contribution is 5.90. The zero-order chi connectivity index (χ0) is 19.1. The zero-order valence-electron chi connectivity index (χ0n) is 15.7. The third-order valence-corrected chi connectivity index (χ3v) is 4.55. The minimum atomic E-state index is -1.79. The van der Waals surface area contributed by atoms with E-state index in [9.17, 15) is 20.3 Å². The molecule has 0 aromatic carbocycles. The van der Waals surface area contributed by atoms with E-state index >= 15 is 0 Å². The SMILES string of the molecule is CCCCCC[C@]1([C@@](O)(CO)CC(C)C)OC(=O)C(OCC)=C1OO. The van der Waals surface area contributed by atoms with E-state index in [4.69, 9.17) is 9.47 Å². The number of aliphatic hydroxyl groups is 2. The van der Waals surface area contributed by atoms with Crippen LogP contribution in [0.3, 0.4) is 0 Å². The van der Waals surface area contributed by atoms with E-state index in [1.165, 1.54) is 0 Å². The van der Waals surface area contributed by atoms with Crippen LogP contribution < -0.4 is 0 Å². The van der Waals surface area contributed by atoms with E-state index in [-0.39, 0.29) is 36.9 Å². The molecule has 3 N–H and O–H groups in total. The zero-order valence-corrected chi connectivity index (χ0v) is 15.7. The molecule has 1 rings (SSSR count). The van der Waals surface area contributed by atoms with Crippen LogP contribution >= 0.6 is 0 Å². The molecule has 0 aromatic rings. The van der Waals surface area contributed by atoms with Crippen molar-refractivity contribution in [2.45, 2.75) is 77.4 Å². The fraction of sp³-hybridized carbons (Fsp3) is 0.833. The molecule has 25 heavy (non-hydrogen) atoms. The predicted octanol–water partition coefficient (Wildman–Crippen LogP) is 2.76. The molecule has 1 aliphatic rings. The van der Waals surface area contributed by atoms with Gasteiger partial charge in [-0.2, -0.15) is 0 Å². The molecule has 0 amide bonds. The van der Waals surface area contributed by atoms with Gasteiger partial charge in [0, 0.05) is 0 Å². The molecule has 1 heterocycles. The number of hydrogen-bond donors (Lipinski definition) is 3. The Bertz CT molecular complexity index is 474. The van der Waals surface area contributed by atoms with Gasteiger partial charge in [0.25, 0.3) is 5.76 Å². The highest BCUT2D eigenvalue weighted by atomic mass is 17.1. The van der Waals surface area contributed by atoms with Gasteiger partial charge in [-0.05, 0) is 32.1 Å². The molecule has 0 aliphatic carbocycles. The second-order valence-electron chi connectivity index (χ2n) is 7.00. The number of cyclic esters (lactones) is 1. The van der Waals surface area contributed by atoms with Crippen LogP contribution in [-0.4, -0.2) is 45.9 Å². The van der Waals surface area contributed by atoms with Crippen LogP contribution in [0.2, 0.25) is 0 Å². The van der Waals surface area contributed by atoms with Crippen LogP contribution in [0.5, 0.6) is 0 Å². The van der Waals surface area contributed by atoms with Crippen LogP contribution in [0, 0.1) is 5.92 Å². The van der Waals surface area contributed by atoms with E-state index in [0.29, 0.717) is 6.42 Å². The Labute approximate surface area is 149 Å². The maximum absolute atomic E-state index is 12.3. The molecule has 0 saturated heterocycles. The summed E-state index contributed by atoms with van der Waals surface area (Å²) in [5, 5.41) is 30.6. The van der Waals surface area contributed by atoms with Crippen molar-refractivity contribution in [2.24, 2.45) is 5.92 Å². The van der Waals surface area contributed by atoms with Crippen molar-refractivity contribution in [1.82, 2.24) is 0 Å². The summed E-state index contributed by atoms with van der Waals surface area (Å²) >= 11 is 0. The first-order chi connectivity index (χ1) is 11.8. The van der Waals surface area contributed by atoms with Crippen LogP contribution in [-0.2, 0) is 19.2 Å². The molecule has 0 unspecified atom stereocenters. The standard InChI is InChI=1S/C18H32O7/c1-5-7-8-9-10-18(17(21,12-19)11-13(3)4)15(25-22)14(23-6-2)16(20)24-18/h13,19,21-22H,5-12H2,1-4H3/t17-,18-/m0/s1. The number of ether oxygens (including phenoxy) is 2. The first kappa shape index (κ1) is 21.7. The van der Waals surface area contributed by atoms with Crippen LogP contribution in [0.1, 0.15) is 66.2 Å². The maximum Gasteiger partial charge on any atom is 0.378 e. The summed E-state index contributed by atoms with van der Waals surface area (Å²) in [6, 6.07) is 0. The van der Waals surface area contributed by atoms with Gasteiger partial charge in [0.2, 0.25) is 11.4 Å². The minimum Gasteiger partial charge on any atom is -0.484 e. The fourth-order valence-corrected chi connectivity index (χ4v) is 3.45. The summed E-state index contributed by atoms with van der Waals surface area (Å²) in [6.45, 7) is 7.06. The van der Waals surface area contributed by atoms with Gasteiger partial charge in [0.05, 0.1) is 13.2 Å². The number of unbranched alkanes of at least 4 members (excludes halogenated alkanes) is 3. The molecule has 7 heteroatoms. The number of esters is 1. The van der Waals surface area contributed by atoms with E-state index < -0.39 is 23.8 Å². The predicted molar refractivity (Wildman–Crippen MR) is 91.4 cm³/mol. The molecule has 0 spiro atoms. The van der Waals surface area contributed by atoms with E-state index in [1.807, 2.05) is 13.8 Å². The van der Waals surface area contributed by atoms with Gasteiger partial charge in [-0.3, -0.25) is 0 Å². The second-order valence-corrected chi connectivity index (χ2v) is 7.00. The third kappa shape index (κ3) is 4.46. The lowest BCUT2D eigenvalue weighted by atomic mass is 9.73. The topological polar surface area (TPSA) is 105 Å². The van der Waals surface area contributed by atoms with Gasteiger partial charge < -0.3 is 24.6 Å². The Morgan fingerprint density at radius 2 is 1.92 bits per heavy atom. The normalized spacial score (nSPS) is 23.0. The number of carbonyl (C=O) groups excluding carboxylic acids is 1. The van der Waals surface area contributed by atoms with Crippen LogP contribution in [0.4, 0.5) is 0 Å². The molecular formula is C18H32O7. The van der Waals surface area contributed by atoms with Gasteiger partial charge >= 0.3 is 5.97 Å². The van der Waals surface area contributed by atoms with Crippen molar-refractivity contribution in [1.29, 1.82) is 0 Å².